The summed E-state index contributed by atoms with van der Waals surface area (Å²) in [5.74, 6) is 0.299. The van der Waals surface area contributed by atoms with Crippen LogP contribution < -0.4 is 10.6 Å². The number of hydrogen-bond donors (Lipinski definition) is 2. The number of hydrogen-bond acceptors (Lipinski definition) is 6. The van der Waals surface area contributed by atoms with Crippen molar-refractivity contribution in [2.75, 3.05) is 11.1 Å². The first-order valence-electron chi connectivity index (χ1n) is 8.80. The molecule has 7 heteroatoms. The average Bonchev–Trinajstić information content (AvgIpc) is 3.15. The molecule has 1 atom stereocenters. The first kappa shape index (κ1) is 19.4. The SMILES string of the molecule is CCc1ccc(Nc2nnc(SCC(=O)N[C@H](C)c3ccccc3)s2)cc1. The second-order valence-corrected chi connectivity index (χ2v) is 8.24. The van der Waals surface area contributed by atoms with E-state index in [9.17, 15) is 4.79 Å². The molecule has 0 spiro atoms. The lowest BCUT2D eigenvalue weighted by atomic mass is 10.1. The highest BCUT2D eigenvalue weighted by Gasteiger charge is 2.12. The molecule has 2 N–H and O–H groups in total. The standard InChI is InChI=1S/C20H22N4OS2/c1-3-15-9-11-17(12-10-15)22-19-23-24-20(27-19)26-13-18(25)21-14(2)16-7-5-4-6-8-16/h4-12,14H,3,13H2,1-2H3,(H,21,25)(H,22,23)/t14-/m1/s1. The Hall–Kier alpha value is -2.38. The van der Waals surface area contributed by atoms with Crippen LogP contribution in [-0.2, 0) is 11.2 Å². The Morgan fingerprint density at radius 1 is 1.11 bits per heavy atom. The molecule has 0 unspecified atom stereocenters. The van der Waals surface area contributed by atoms with Gasteiger partial charge in [0.1, 0.15) is 0 Å². The van der Waals surface area contributed by atoms with Crippen LogP contribution in [0.5, 0.6) is 0 Å². The molecular weight excluding hydrogens is 376 g/mol. The maximum Gasteiger partial charge on any atom is 0.230 e. The number of nitrogens with zero attached hydrogens (tertiary/aromatic N) is 2. The van der Waals surface area contributed by atoms with Crippen molar-refractivity contribution in [2.45, 2.75) is 30.6 Å². The number of aromatic nitrogens is 2. The van der Waals surface area contributed by atoms with Crippen LogP contribution in [0.15, 0.2) is 58.9 Å². The molecular formula is C20H22N4OS2. The number of carbonyl (C=O) groups is 1. The number of nitrogens with one attached hydrogen (secondary N) is 2. The summed E-state index contributed by atoms with van der Waals surface area (Å²) >= 11 is 2.84. The number of thioether (sulfide) groups is 1. The van der Waals surface area contributed by atoms with Crippen LogP contribution in [0.2, 0.25) is 0 Å². The molecule has 140 valence electrons. The van der Waals surface area contributed by atoms with Gasteiger partial charge >= 0.3 is 0 Å². The molecule has 0 aliphatic carbocycles. The smallest absolute Gasteiger partial charge is 0.230 e. The summed E-state index contributed by atoms with van der Waals surface area (Å²) in [6.07, 6.45) is 1.02. The van der Waals surface area contributed by atoms with Gasteiger partial charge in [0.15, 0.2) is 4.34 Å². The third-order valence-corrected chi connectivity index (χ3v) is 6.00. The van der Waals surface area contributed by atoms with Gasteiger partial charge in [-0.05, 0) is 36.6 Å². The summed E-state index contributed by atoms with van der Waals surface area (Å²) in [5, 5.41) is 15.3. The van der Waals surface area contributed by atoms with Crippen molar-refractivity contribution < 1.29 is 4.79 Å². The number of amides is 1. The molecule has 0 saturated carbocycles. The van der Waals surface area contributed by atoms with Gasteiger partial charge in [-0.2, -0.15) is 0 Å². The Kier molecular flexibility index (Phi) is 6.84. The van der Waals surface area contributed by atoms with E-state index in [-0.39, 0.29) is 11.9 Å². The van der Waals surface area contributed by atoms with E-state index in [1.807, 2.05) is 49.4 Å². The monoisotopic (exact) mass is 398 g/mol. The topological polar surface area (TPSA) is 66.9 Å². The van der Waals surface area contributed by atoms with Gasteiger partial charge in [-0.1, -0.05) is 72.5 Å². The van der Waals surface area contributed by atoms with Crippen LogP contribution in [0.3, 0.4) is 0 Å². The van der Waals surface area contributed by atoms with Crippen LogP contribution in [0.1, 0.15) is 31.0 Å². The van der Waals surface area contributed by atoms with E-state index in [0.29, 0.717) is 5.75 Å². The van der Waals surface area contributed by atoms with Gasteiger partial charge in [-0.3, -0.25) is 4.79 Å². The summed E-state index contributed by atoms with van der Waals surface area (Å²) in [6.45, 7) is 4.11. The fourth-order valence-electron chi connectivity index (χ4n) is 2.50. The van der Waals surface area contributed by atoms with Crippen LogP contribution in [0, 0.1) is 0 Å². The third kappa shape index (κ3) is 5.80. The van der Waals surface area contributed by atoms with Gasteiger partial charge in [0.05, 0.1) is 11.8 Å². The van der Waals surface area contributed by atoms with Gasteiger partial charge in [-0.25, -0.2) is 0 Å². The quantitative estimate of drug-likeness (QED) is 0.533. The first-order chi connectivity index (χ1) is 13.1. The second kappa shape index (κ2) is 9.53. The van der Waals surface area contributed by atoms with Gasteiger partial charge in [-0.15, -0.1) is 10.2 Å². The van der Waals surface area contributed by atoms with Crippen LogP contribution in [-0.4, -0.2) is 21.9 Å². The molecule has 0 aliphatic rings. The molecule has 5 nitrogen and oxygen atoms in total. The molecule has 0 fully saturated rings. The zero-order chi connectivity index (χ0) is 19.1. The molecule has 1 aromatic heterocycles. The molecule has 0 saturated heterocycles. The lowest BCUT2D eigenvalue weighted by Gasteiger charge is -2.13. The number of benzene rings is 2. The largest absolute Gasteiger partial charge is 0.349 e. The summed E-state index contributed by atoms with van der Waals surface area (Å²) in [6, 6.07) is 18.2. The van der Waals surface area contributed by atoms with Crippen molar-refractivity contribution in [3.05, 3.63) is 65.7 Å². The number of aryl methyl sites for hydroxylation is 1. The van der Waals surface area contributed by atoms with Crippen molar-refractivity contribution in [3.8, 4) is 0 Å². The predicted molar refractivity (Wildman–Crippen MR) is 113 cm³/mol. The summed E-state index contributed by atoms with van der Waals surface area (Å²) in [5.41, 5.74) is 3.37. The summed E-state index contributed by atoms with van der Waals surface area (Å²) in [4.78, 5) is 12.2. The highest BCUT2D eigenvalue weighted by molar-refractivity contribution is 8.01. The molecule has 0 radical (unpaired) electrons. The second-order valence-electron chi connectivity index (χ2n) is 6.04. The first-order valence-corrected chi connectivity index (χ1v) is 10.6. The minimum Gasteiger partial charge on any atom is -0.349 e. The summed E-state index contributed by atoms with van der Waals surface area (Å²) in [7, 11) is 0. The maximum atomic E-state index is 12.2. The predicted octanol–water partition coefficient (Wildman–Crippen LogP) is 4.81. The molecule has 1 amide bonds. The normalized spacial score (nSPS) is 11.8. The van der Waals surface area contributed by atoms with E-state index >= 15 is 0 Å². The van der Waals surface area contributed by atoms with E-state index in [2.05, 4.69) is 39.9 Å². The fourth-order valence-corrected chi connectivity index (χ4v) is 4.08. The highest BCUT2D eigenvalue weighted by Crippen LogP contribution is 2.27. The molecule has 0 bridgehead atoms. The number of anilines is 2. The fraction of sp³-hybridized carbons (Fsp3) is 0.250. The molecule has 1 heterocycles. The zero-order valence-electron chi connectivity index (χ0n) is 15.3. The minimum absolute atomic E-state index is 0.0166. The number of carbonyl (C=O) groups excluding carboxylic acids is 1. The lowest BCUT2D eigenvalue weighted by molar-refractivity contribution is -0.119. The minimum atomic E-state index is -0.0174. The Balaban J connectivity index is 1.48. The van der Waals surface area contributed by atoms with Crippen molar-refractivity contribution in [2.24, 2.45) is 0 Å². The van der Waals surface area contributed by atoms with Crippen molar-refractivity contribution in [1.29, 1.82) is 0 Å². The molecule has 0 aliphatic heterocycles. The Morgan fingerprint density at radius 3 is 2.56 bits per heavy atom. The van der Waals surface area contributed by atoms with Crippen molar-refractivity contribution in [1.82, 2.24) is 15.5 Å². The average molecular weight is 399 g/mol. The van der Waals surface area contributed by atoms with E-state index in [4.69, 9.17) is 0 Å². The van der Waals surface area contributed by atoms with E-state index in [1.165, 1.54) is 28.7 Å². The molecule has 27 heavy (non-hydrogen) atoms. The highest BCUT2D eigenvalue weighted by atomic mass is 32.2. The summed E-state index contributed by atoms with van der Waals surface area (Å²) < 4.78 is 0.769. The third-order valence-electron chi connectivity index (χ3n) is 4.02. The Morgan fingerprint density at radius 2 is 1.85 bits per heavy atom. The van der Waals surface area contributed by atoms with Crippen LogP contribution in [0.4, 0.5) is 10.8 Å². The maximum absolute atomic E-state index is 12.2. The van der Waals surface area contributed by atoms with Crippen molar-refractivity contribution >= 4 is 39.8 Å². The van der Waals surface area contributed by atoms with E-state index in [0.717, 1.165) is 27.1 Å². The number of rotatable bonds is 8. The van der Waals surface area contributed by atoms with Crippen LogP contribution >= 0.6 is 23.1 Å². The van der Waals surface area contributed by atoms with Gasteiger partial charge < -0.3 is 10.6 Å². The Labute approximate surface area is 167 Å². The molecule has 3 aromatic rings. The van der Waals surface area contributed by atoms with Crippen LogP contribution in [0.25, 0.3) is 0 Å². The van der Waals surface area contributed by atoms with Crippen molar-refractivity contribution in [3.63, 3.8) is 0 Å². The van der Waals surface area contributed by atoms with E-state index in [1.54, 1.807) is 0 Å². The Bertz CT molecular complexity index is 865. The molecule has 3 rings (SSSR count). The molecule has 2 aromatic carbocycles. The lowest BCUT2D eigenvalue weighted by Crippen LogP contribution is -2.28. The van der Waals surface area contributed by atoms with Gasteiger partial charge in [0.25, 0.3) is 0 Å². The van der Waals surface area contributed by atoms with Gasteiger partial charge in [0.2, 0.25) is 11.0 Å². The zero-order valence-corrected chi connectivity index (χ0v) is 16.9. The van der Waals surface area contributed by atoms with Gasteiger partial charge in [0, 0.05) is 5.69 Å². The van der Waals surface area contributed by atoms with E-state index < -0.39 is 0 Å².